The number of para-hydroxylation sites is 1. The Bertz CT molecular complexity index is 352. The highest BCUT2D eigenvalue weighted by atomic mass is 17.2. The molecule has 1 aromatic rings. The third-order valence-corrected chi connectivity index (χ3v) is 1.50. The molecule has 0 fully saturated rings. The van der Waals surface area contributed by atoms with Crippen LogP contribution in [0.5, 0.6) is 5.75 Å². The first-order chi connectivity index (χ1) is 7.33. The summed E-state index contributed by atoms with van der Waals surface area (Å²) in [4.78, 5) is 20.3. The van der Waals surface area contributed by atoms with Gasteiger partial charge in [0, 0.05) is 6.08 Å². The van der Waals surface area contributed by atoms with Gasteiger partial charge < -0.3 is 0 Å². The van der Waals surface area contributed by atoms with Gasteiger partial charge in [0.15, 0.2) is 5.75 Å². The zero-order valence-corrected chi connectivity index (χ0v) is 8.42. The van der Waals surface area contributed by atoms with Gasteiger partial charge in [-0.3, -0.25) is 4.89 Å². The van der Waals surface area contributed by atoms with Crippen LogP contribution in [0.1, 0.15) is 6.92 Å². The van der Waals surface area contributed by atoms with Crippen LogP contribution in [0, 0.1) is 0 Å². The van der Waals surface area contributed by atoms with Crippen LogP contribution in [0.4, 0.5) is 0 Å². The molecule has 0 aliphatic heterocycles. The van der Waals surface area contributed by atoms with Crippen LogP contribution < -0.4 is 4.89 Å². The molecule has 15 heavy (non-hydrogen) atoms. The number of allylic oxidation sites excluding steroid dienone is 3. The quantitative estimate of drug-likeness (QED) is 0.327. The monoisotopic (exact) mass is 204 g/mol. The van der Waals surface area contributed by atoms with E-state index in [0.29, 0.717) is 5.75 Å². The Morgan fingerprint density at radius 3 is 2.60 bits per heavy atom. The summed E-state index contributed by atoms with van der Waals surface area (Å²) in [5.41, 5.74) is 0. The van der Waals surface area contributed by atoms with Crippen LogP contribution in [0.2, 0.25) is 0 Å². The number of hydrogen-bond donors (Lipinski definition) is 0. The predicted molar refractivity (Wildman–Crippen MR) is 57.1 cm³/mol. The summed E-state index contributed by atoms with van der Waals surface area (Å²) < 4.78 is 0. The van der Waals surface area contributed by atoms with Crippen LogP contribution in [0.15, 0.2) is 54.6 Å². The third kappa shape index (κ3) is 4.67. The van der Waals surface area contributed by atoms with Crippen molar-refractivity contribution in [2.45, 2.75) is 6.92 Å². The molecular weight excluding hydrogens is 192 g/mol. The number of carbonyl (C=O) groups excluding carboxylic acids is 1. The van der Waals surface area contributed by atoms with Gasteiger partial charge in [0.1, 0.15) is 0 Å². The van der Waals surface area contributed by atoms with E-state index in [9.17, 15) is 4.79 Å². The SMILES string of the molecule is C/C=C/C=C/C(=O)OOc1ccccc1. The van der Waals surface area contributed by atoms with Gasteiger partial charge in [-0.2, -0.15) is 0 Å². The Morgan fingerprint density at radius 2 is 1.93 bits per heavy atom. The van der Waals surface area contributed by atoms with E-state index in [1.807, 2.05) is 19.1 Å². The minimum atomic E-state index is -0.544. The standard InChI is InChI=1S/C12H12O3/c1-2-3-5-10-12(13)15-14-11-8-6-4-7-9-11/h2-10H,1H3/b3-2+,10-5+. The molecule has 0 bridgehead atoms. The highest BCUT2D eigenvalue weighted by molar-refractivity contribution is 5.81. The second-order valence-electron chi connectivity index (χ2n) is 2.68. The molecule has 0 spiro atoms. The van der Waals surface area contributed by atoms with Crippen LogP contribution >= 0.6 is 0 Å². The highest BCUT2D eigenvalue weighted by Gasteiger charge is 1.98. The van der Waals surface area contributed by atoms with E-state index in [1.54, 1.807) is 36.4 Å². The molecule has 1 aromatic carbocycles. The topological polar surface area (TPSA) is 35.5 Å². The Morgan fingerprint density at radius 1 is 1.20 bits per heavy atom. The lowest BCUT2D eigenvalue weighted by molar-refractivity contribution is -0.207. The maximum absolute atomic E-state index is 11.0. The normalized spacial score (nSPS) is 10.7. The van der Waals surface area contributed by atoms with Crippen molar-refractivity contribution in [1.29, 1.82) is 0 Å². The van der Waals surface area contributed by atoms with E-state index in [2.05, 4.69) is 4.89 Å². The molecule has 0 heterocycles. The molecule has 0 aromatic heterocycles. The van der Waals surface area contributed by atoms with E-state index in [1.165, 1.54) is 6.08 Å². The van der Waals surface area contributed by atoms with E-state index < -0.39 is 5.97 Å². The number of carbonyl (C=O) groups is 1. The molecule has 0 radical (unpaired) electrons. The number of rotatable bonds is 4. The van der Waals surface area contributed by atoms with Crippen molar-refractivity contribution >= 4 is 5.97 Å². The summed E-state index contributed by atoms with van der Waals surface area (Å²) in [6.45, 7) is 1.86. The zero-order chi connectivity index (χ0) is 10.9. The van der Waals surface area contributed by atoms with Crippen molar-refractivity contribution in [3.63, 3.8) is 0 Å². The molecule has 3 nitrogen and oxygen atoms in total. The lowest BCUT2D eigenvalue weighted by Crippen LogP contribution is -2.04. The van der Waals surface area contributed by atoms with Crippen LogP contribution in [-0.2, 0) is 9.68 Å². The molecule has 78 valence electrons. The van der Waals surface area contributed by atoms with Crippen molar-refractivity contribution in [2.24, 2.45) is 0 Å². The summed E-state index contributed by atoms with van der Waals surface area (Å²) in [7, 11) is 0. The molecule has 1 rings (SSSR count). The van der Waals surface area contributed by atoms with Gasteiger partial charge in [-0.05, 0) is 19.1 Å². The van der Waals surface area contributed by atoms with E-state index in [-0.39, 0.29) is 0 Å². The summed E-state index contributed by atoms with van der Waals surface area (Å²) in [6, 6.07) is 8.82. The van der Waals surface area contributed by atoms with Gasteiger partial charge in [-0.25, -0.2) is 9.68 Å². The first-order valence-corrected chi connectivity index (χ1v) is 4.56. The smallest absolute Gasteiger partial charge is 0.287 e. The van der Waals surface area contributed by atoms with Gasteiger partial charge in [0.25, 0.3) is 0 Å². The fourth-order valence-electron chi connectivity index (χ4n) is 0.838. The summed E-state index contributed by atoms with van der Waals surface area (Å²) in [6.07, 6.45) is 6.39. The van der Waals surface area contributed by atoms with Gasteiger partial charge in [-0.15, -0.1) is 0 Å². The largest absolute Gasteiger partial charge is 0.379 e. The van der Waals surface area contributed by atoms with Gasteiger partial charge in [-0.1, -0.05) is 36.4 Å². The van der Waals surface area contributed by atoms with E-state index in [4.69, 9.17) is 4.89 Å². The van der Waals surface area contributed by atoms with Crippen molar-refractivity contribution in [3.05, 3.63) is 54.6 Å². The van der Waals surface area contributed by atoms with Gasteiger partial charge in [0.2, 0.25) is 0 Å². The summed E-state index contributed by atoms with van der Waals surface area (Å²) in [5.74, 6) is -0.0535. The van der Waals surface area contributed by atoms with Crippen molar-refractivity contribution in [1.82, 2.24) is 0 Å². The molecule has 0 atom stereocenters. The first kappa shape index (κ1) is 11.0. The summed E-state index contributed by atoms with van der Waals surface area (Å²) >= 11 is 0. The third-order valence-electron chi connectivity index (χ3n) is 1.50. The maximum Gasteiger partial charge on any atom is 0.379 e. The predicted octanol–water partition coefficient (Wildman–Crippen LogP) is 2.66. The number of hydrogen-bond acceptors (Lipinski definition) is 3. The molecule has 0 aliphatic rings. The zero-order valence-electron chi connectivity index (χ0n) is 8.42. The average Bonchev–Trinajstić information content (AvgIpc) is 2.28. The molecule has 0 N–H and O–H groups in total. The maximum atomic E-state index is 11.0. The Labute approximate surface area is 88.6 Å². The second-order valence-corrected chi connectivity index (χ2v) is 2.68. The van der Waals surface area contributed by atoms with Crippen LogP contribution in [0.3, 0.4) is 0 Å². The first-order valence-electron chi connectivity index (χ1n) is 4.56. The molecule has 0 amide bonds. The van der Waals surface area contributed by atoms with Crippen molar-refractivity contribution in [3.8, 4) is 5.75 Å². The Balaban J connectivity index is 2.35. The minimum absolute atomic E-state index is 0.491. The average molecular weight is 204 g/mol. The molecule has 0 saturated carbocycles. The Kier molecular flexibility index (Phi) is 4.73. The molecular formula is C12H12O3. The van der Waals surface area contributed by atoms with Crippen molar-refractivity contribution in [2.75, 3.05) is 0 Å². The van der Waals surface area contributed by atoms with E-state index in [0.717, 1.165) is 0 Å². The molecule has 0 saturated heterocycles. The fraction of sp³-hybridized carbons (Fsp3) is 0.0833. The minimum Gasteiger partial charge on any atom is -0.287 e. The molecule has 0 unspecified atom stereocenters. The second kappa shape index (κ2) is 6.43. The molecule has 3 heteroatoms. The van der Waals surface area contributed by atoms with E-state index >= 15 is 0 Å². The lowest BCUT2D eigenvalue weighted by atomic mass is 10.3. The van der Waals surface area contributed by atoms with Crippen LogP contribution in [-0.4, -0.2) is 5.97 Å². The van der Waals surface area contributed by atoms with Gasteiger partial charge >= 0.3 is 5.97 Å². The highest BCUT2D eigenvalue weighted by Crippen LogP contribution is 2.08. The van der Waals surface area contributed by atoms with Crippen LogP contribution in [0.25, 0.3) is 0 Å². The number of benzene rings is 1. The Hall–Kier alpha value is -2.03. The van der Waals surface area contributed by atoms with Gasteiger partial charge in [0.05, 0.1) is 0 Å². The molecule has 0 aliphatic carbocycles. The summed E-state index contributed by atoms with van der Waals surface area (Å²) in [5, 5.41) is 0. The fourth-order valence-corrected chi connectivity index (χ4v) is 0.838. The lowest BCUT2D eigenvalue weighted by Gasteiger charge is -2.00. The van der Waals surface area contributed by atoms with Crippen molar-refractivity contribution < 1.29 is 14.6 Å².